The van der Waals surface area contributed by atoms with Crippen molar-refractivity contribution in [1.82, 2.24) is 4.90 Å². The summed E-state index contributed by atoms with van der Waals surface area (Å²) in [5.74, 6) is 1.70. The molecule has 24 heavy (non-hydrogen) atoms. The lowest BCUT2D eigenvalue weighted by atomic mass is 9.74. The van der Waals surface area contributed by atoms with Crippen molar-refractivity contribution in [3.63, 3.8) is 0 Å². The predicted octanol–water partition coefficient (Wildman–Crippen LogP) is 4.68. The van der Waals surface area contributed by atoms with E-state index >= 15 is 0 Å². The van der Waals surface area contributed by atoms with Crippen LogP contribution in [0.25, 0.3) is 0 Å². The van der Waals surface area contributed by atoms with Crippen LogP contribution in [0.4, 0.5) is 0 Å². The molecule has 4 rings (SSSR count). The molecule has 1 aromatic carbocycles. The molecule has 2 aliphatic heterocycles. The molecule has 3 fully saturated rings. The average molecular weight is 327 g/mol. The van der Waals surface area contributed by atoms with Crippen LogP contribution in [0, 0.1) is 11.8 Å². The van der Waals surface area contributed by atoms with Crippen molar-refractivity contribution in [3.8, 4) is 0 Å². The van der Waals surface area contributed by atoms with Crippen molar-refractivity contribution in [1.29, 1.82) is 0 Å². The number of carbonyl (C=O) groups excluding carboxylic acids is 1. The van der Waals surface area contributed by atoms with Crippen molar-refractivity contribution in [3.05, 3.63) is 35.9 Å². The highest BCUT2D eigenvalue weighted by Gasteiger charge is 2.58. The van der Waals surface area contributed by atoms with E-state index in [9.17, 15) is 4.79 Å². The van der Waals surface area contributed by atoms with Gasteiger partial charge in [-0.2, -0.15) is 0 Å². The van der Waals surface area contributed by atoms with Crippen LogP contribution in [-0.2, 0) is 9.53 Å². The summed E-state index contributed by atoms with van der Waals surface area (Å²) in [5.41, 5.74) is 0.906. The Labute approximate surface area is 145 Å². The van der Waals surface area contributed by atoms with Gasteiger partial charge in [0.1, 0.15) is 5.72 Å². The summed E-state index contributed by atoms with van der Waals surface area (Å²) in [7, 11) is 0. The number of fused-ring (bicyclic) bond motifs is 1. The molecule has 3 nitrogen and oxygen atoms in total. The molecule has 1 amide bonds. The molecule has 0 aromatic heterocycles. The van der Waals surface area contributed by atoms with Gasteiger partial charge in [-0.15, -0.1) is 0 Å². The molecule has 1 aliphatic carbocycles. The van der Waals surface area contributed by atoms with E-state index in [-0.39, 0.29) is 17.7 Å². The van der Waals surface area contributed by atoms with Crippen molar-refractivity contribution in [2.24, 2.45) is 11.8 Å². The second-order valence-electron chi connectivity index (χ2n) is 7.85. The maximum Gasteiger partial charge on any atom is 0.225 e. The van der Waals surface area contributed by atoms with E-state index < -0.39 is 0 Å². The SMILES string of the molecule is CCCC1CCC([C@@]23CCC(=O)N2[C@@H](c2ccccc2)CO3)CC1. The van der Waals surface area contributed by atoms with Crippen LogP contribution in [0.2, 0.25) is 0 Å². The maximum absolute atomic E-state index is 12.7. The Kier molecular flexibility index (Phi) is 4.38. The number of hydrogen-bond donors (Lipinski definition) is 0. The third-order valence-corrected chi connectivity index (χ3v) is 6.54. The molecule has 2 atom stereocenters. The molecule has 2 saturated heterocycles. The Morgan fingerprint density at radius 3 is 2.62 bits per heavy atom. The standard InChI is InChI=1S/C21H29NO2/c1-2-6-16-9-11-18(12-10-16)21-14-13-20(23)22(21)19(15-24-21)17-7-4-3-5-8-17/h3-5,7-8,16,18-19H,2,6,9-15H2,1H3/t16?,18?,19-,21+/m1/s1. The monoisotopic (exact) mass is 327 g/mol. The van der Waals surface area contributed by atoms with Gasteiger partial charge >= 0.3 is 0 Å². The first-order valence-corrected chi connectivity index (χ1v) is 9.75. The summed E-state index contributed by atoms with van der Waals surface area (Å²) in [4.78, 5) is 14.8. The van der Waals surface area contributed by atoms with Gasteiger partial charge in [-0.1, -0.05) is 62.9 Å². The lowest BCUT2D eigenvalue weighted by Gasteiger charge is -2.43. The topological polar surface area (TPSA) is 29.5 Å². The quantitative estimate of drug-likeness (QED) is 0.803. The van der Waals surface area contributed by atoms with E-state index in [2.05, 4.69) is 36.1 Å². The van der Waals surface area contributed by atoms with E-state index in [1.165, 1.54) is 44.1 Å². The van der Waals surface area contributed by atoms with Gasteiger partial charge in [0, 0.05) is 18.8 Å². The summed E-state index contributed by atoms with van der Waals surface area (Å²) in [6.45, 7) is 2.94. The smallest absolute Gasteiger partial charge is 0.225 e. The maximum atomic E-state index is 12.7. The Morgan fingerprint density at radius 1 is 1.17 bits per heavy atom. The molecule has 1 saturated carbocycles. The Bertz CT molecular complexity index is 579. The van der Waals surface area contributed by atoms with Crippen LogP contribution in [0.1, 0.15) is 69.9 Å². The number of carbonyl (C=O) groups is 1. The summed E-state index contributed by atoms with van der Waals surface area (Å²) < 4.78 is 6.44. The molecule has 3 heteroatoms. The minimum absolute atomic E-state index is 0.106. The Morgan fingerprint density at radius 2 is 1.92 bits per heavy atom. The fourth-order valence-electron chi connectivity index (χ4n) is 5.36. The van der Waals surface area contributed by atoms with Gasteiger partial charge in [0.05, 0.1) is 12.6 Å². The molecular weight excluding hydrogens is 298 g/mol. The van der Waals surface area contributed by atoms with Gasteiger partial charge in [-0.25, -0.2) is 0 Å². The summed E-state index contributed by atoms with van der Waals surface area (Å²) >= 11 is 0. The van der Waals surface area contributed by atoms with Gasteiger partial charge in [0.25, 0.3) is 0 Å². The van der Waals surface area contributed by atoms with Crippen molar-refractivity contribution >= 4 is 5.91 Å². The zero-order valence-electron chi connectivity index (χ0n) is 14.7. The van der Waals surface area contributed by atoms with E-state index in [1.54, 1.807) is 0 Å². The van der Waals surface area contributed by atoms with Crippen molar-refractivity contribution < 1.29 is 9.53 Å². The summed E-state index contributed by atoms with van der Waals surface area (Å²) in [6.07, 6.45) is 9.24. The lowest BCUT2D eigenvalue weighted by molar-refractivity contribution is -0.150. The fraction of sp³-hybridized carbons (Fsp3) is 0.667. The molecule has 2 heterocycles. The zero-order valence-corrected chi connectivity index (χ0v) is 14.7. The minimum Gasteiger partial charge on any atom is -0.353 e. The second kappa shape index (κ2) is 6.51. The molecule has 0 N–H and O–H groups in total. The molecule has 0 radical (unpaired) electrons. The van der Waals surface area contributed by atoms with Crippen LogP contribution in [0.5, 0.6) is 0 Å². The largest absolute Gasteiger partial charge is 0.353 e. The normalized spacial score (nSPS) is 36.1. The molecule has 130 valence electrons. The van der Waals surface area contributed by atoms with Crippen LogP contribution >= 0.6 is 0 Å². The van der Waals surface area contributed by atoms with Crippen LogP contribution in [0.3, 0.4) is 0 Å². The molecule has 0 spiro atoms. The van der Waals surface area contributed by atoms with Gasteiger partial charge in [0.15, 0.2) is 0 Å². The Hall–Kier alpha value is -1.35. The predicted molar refractivity (Wildman–Crippen MR) is 94.3 cm³/mol. The number of nitrogens with zero attached hydrogens (tertiary/aromatic N) is 1. The van der Waals surface area contributed by atoms with Crippen LogP contribution in [0.15, 0.2) is 30.3 Å². The number of amides is 1. The Balaban J connectivity index is 1.55. The average Bonchev–Trinajstić information content (AvgIpc) is 3.16. The lowest BCUT2D eigenvalue weighted by Crippen LogP contribution is -2.49. The highest BCUT2D eigenvalue weighted by Crippen LogP contribution is 2.52. The molecule has 1 aromatic rings. The van der Waals surface area contributed by atoms with Crippen molar-refractivity contribution in [2.45, 2.75) is 70.1 Å². The van der Waals surface area contributed by atoms with E-state index in [4.69, 9.17) is 4.74 Å². The molecule has 3 aliphatic rings. The van der Waals surface area contributed by atoms with E-state index in [0.29, 0.717) is 18.9 Å². The molecule has 0 bridgehead atoms. The van der Waals surface area contributed by atoms with Gasteiger partial charge < -0.3 is 9.64 Å². The summed E-state index contributed by atoms with van der Waals surface area (Å²) in [5, 5.41) is 0. The first kappa shape index (κ1) is 16.1. The third-order valence-electron chi connectivity index (χ3n) is 6.54. The van der Waals surface area contributed by atoms with Gasteiger partial charge in [-0.05, 0) is 24.3 Å². The number of ether oxygens (including phenoxy) is 1. The van der Waals surface area contributed by atoms with Gasteiger partial charge in [0.2, 0.25) is 5.91 Å². The number of hydrogen-bond acceptors (Lipinski definition) is 2. The second-order valence-corrected chi connectivity index (χ2v) is 7.85. The van der Waals surface area contributed by atoms with Crippen LogP contribution in [-0.4, -0.2) is 23.1 Å². The minimum atomic E-state index is -0.311. The molecular formula is C21H29NO2. The summed E-state index contributed by atoms with van der Waals surface area (Å²) in [6, 6.07) is 10.5. The first-order chi connectivity index (χ1) is 11.7. The van der Waals surface area contributed by atoms with E-state index in [1.807, 2.05) is 6.07 Å². The van der Waals surface area contributed by atoms with Crippen LogP contribution < -0.4 is 0 Å². The van der Waals surface area contributed by atoms with Crippen molar-refractivity contribution in [2.75, 3.05) is 6.61 Å². The molecule has 0 unspecified atom stereocenters. The number of rotatable bonds is 4. The highest BCUT2D eigenvalue weighted by atomic mass is 16.5. The third kappa shape index (κ3) is 2.57. The van der Waals surface area contributed by atoms with E-state index in [0.717, 1.165) is 12.3 Å². The highest BCUT2D eigenvalue weighted by molar-refractivity contribution is 5.80. The number of benzene rings is 1. The fourth-order valence-corrected chi connectivity index (χ4v) is 5.36. The zero-order chi connectivity index (χ0) is 16.6. The van der Waals surface area contributed by atoms with Gasteiger partial charge in [-0.3, -0.25) is 4.79 Å². The first-order valence-electron chi connectivity index (χ1n) is 9.75.